The van der Waals surface area contributed by atoms with Crippen LogP contribution >= 0.6 is 0 Å². The first kappa shape index (κ1) is 23.6. The topological polar surface area (TPSA) is 94.2 Å². The standard InChI is InChI=1S/C25H26N2O6S/c1-31-20-10-8-19(9-11-20)26-25(28)22-14-17-6-4-5-7-18(17)16-27(22)34(29,30)21-12-13-23(32-2)24(15-21)33-3/h4-13,15,22H,14,16H2,1-3H3,(H,26,28). The minimum absolute atomic E-state index is 0.0202. The zero-order valence-corrected chi connectivity index (χ0v) is 20.0. The summed E-state index contributed by atoms with van der Waals surface area (Å²) in [6.07, 6.45) is 0.255. The summed E-state index contributed by atoms with van der Waals surface area (Å²) in [5.41, 5.74) is 2.35. The van der Waals surface area contributed by atoms with Gasteiger partial charge in [-0.2, -0.15) is 4.31 Å². The van der Waals surface area contributed by atoms with E-state index in [1.807, 2.05) is 24.3 Å². The van der Waals surface area contributed by atoms with Crippen molar-refractivity contribution in [2.24, 2.45) is 0 Å². The first-order valence-electron chi connectivity index (χ1n) is 10.6. The number of fused-ring (bicyclic) bond motifs is 1. The first-order chi connectivity index (χ1) is 16.4. The maximum Gasteiger partial charge on any atom is 0.244 e. The first-order valence-corrected chi connectivity index (χ1v) is 12.1. The van der Waals surface area contributed by atoms with E-state index in [1.165, 1.54) is 36.7 Å². The van der Waals surface area contributed by atoms with E-state index in [2.05, 4.69) is 5.32 Å². The molecule has 0 bridgehead atoms. The fraction of sp³-hybridized carbons (Fsp3) is 0.240. The highest BCUT2D eigenvalue weighted by Gasteiger charge is 2.40. The molecule has 9 heteroatoms. The van der Waals surface area contributed by atoms with Crippen molar-refractivity contribution in [1.29, 1.82) is 0 Å². The van der Waals surface area contributed by atoms with Crippen LogP contribution < -0.4 is 19.5 Å². The Morgan fingerprint density at radius 3 is 2.21 bits per heavy atom. The van der Waals surface area contributed by atoms with Gasteiger partial charge in [0.2, 0.25) is 15.9 Å². The fourth-order valence-electron chi connectivity index (χ4n) is 3.99. The third-order valence-corrected chi connectivity index (χ3v) is 7.68. The van der Waals surface area contributed by atoms with Crippen LogP contribution in [-0.4, -0.2) is 46.0 Å². The van der Waals surface area contributed by atoms with Crippen molar-refractivity contribution < 1.29 is 27.4 Å². The molecule has 1 unspecified atom stereocenters. The lowest BCUT2D eigenvalue weighted by molar-refractivity contribution is -0.120. The van der Waals surface area contributed by atoms with Crippen LogP contribution in [0.15, 0.2) is 71.6 Å². The van der Waals surface area contributed by atoms with Crippen LogP contribution in [0.1, 0.15) is 11.1 Å². The fourth-order valence-corrected chi connectivity index (χ4v) is 5.57. The number of benzene rings is 3. The van der Waals surface area contributed by atoms with E-state index in [9.17, 15) is 13.2 Å². The molecular weight excluding hydrogens is 456 g/mol. The number of hydrogen-bond donors (Lipinski definition) is 1. The van der Waals surface area contributed by atoms with E-state index in [0.717, 1.165) is 11.1 Å². The Kier molecular flexibility index (Phi) is 6.76. The summed E-state index contributed by atoms with van der Waals surface area (Å²) < 4.78 is 44.4. The van der Waals surface area contributed by atoms with Gasteiger partial charge >= 0.3 is 0 Å². The highest BCUT2D eigenvalue weighted by Crippen LogP contribution is 2.34. The van der Waals surface area contributed by atoms with Crippen LogP contribution in [0.4, 0.5) is 5.69 Å². The number of anilines is 1. The van der Waals surface area contributed by atoms with Crippen molar-refractivity contribution in [2.45, 2.75) is 23.9 Å². The molecule has 0 radical (unpaired) electrons. The van der Waals surface area contributed by atoms with Crippen LogP contribution in [0.5, 0.6) is 17.2 Å². The van der Waals surface area contributed by atoms with Crippen LogP contribution in [0, 0.1) is 0 Å². The molecule has 0 saturated carbocycles. The molecule has 3 aromatic rings. The van der Waals surface area contributed by atoms with Gasteiger partial charge in [0, 0.05) is 18.3 Å². The number of nitrogens with zero attached hydrogens (tertiary/aromatic N) is 1. The Hall–Kier alpha value is -3.56. The summed E-state index contributed by atoms with van der Waals surface area (Å²) in [6.45, 7) is 0.0769. The van der Waals surface area contributed by atoms with Gasteiger partial charge in [-0.3, -0.25) is 4.79 Å². The van der Waals surface area contributed by atoms with Crippen LogP contribution in [0.3, 0.4) is 0 Å². The highest BCUT2D eigenvalue weighted by molar-refractivity contribution is 7.89. The molecule has 8 nitrogen and oxygen atoms in total. The quantitative estimate of drug-likeness (QED) is 0.554. The van der Waals surface area contributed by atoms with Crippen LogP contribution in [0.2, 0.25) is 0 Å². The molecule has 1 atom stereocenters. The lowest BCUT2D eigenvalue weighted by Crippen LogP contribution is -2.50. The van der Waals surface area contributed by atoms with E-state index in [-0.39, 0.29) is 17.9 Å². The Balaban J connectivity index is 1.70. The average Bonchev–Trinajstić information content (AvgIpc) is 2.87. The molecule has 0 spiro atoms. The van der Waals surface area contributed by atoms with Crippen molar-refractivity contribution in [1.82, 2.24) is 4.31 Å². The number of carbonyl (C=O) groups excluding carboxylic acids is 1. The lowest BCUT2D eigenvalue weighted by Gasteiger charge is -2.35. The minimum atomic E-state index is -4.04. The number of sulfonamides is 1. The molecule has 1 aliphatic heterocycles. The molecule has 0 aromatic heterocycles. The third-order valence-electron chi connectivity index (χ3n) is 5.83. The monoisotopic (exact) mass is 482 g/mol. The third kappa shape index (κ3) is 4.57. The van der Waals surface area contributed by atoms with Gasteiger partial charge < -0.3 is 19.5 Å². The van der Waals surface area contributed by atoms with E-state index in [4.69, 9.17) is 14.2 Å². The number of carbonyl (C=O) groups is 1. The van der Waals surface area contributed by atoms with Crippen molar-refractivity contribution in [3.8, 4) is 17.2 Å². The van der Waals surface area contributed by atoms with Gasteiger partial charge in [-0.15, -0.1) is 0 Å². The normalized spacial score (nSPS) is 15.8. The van der Waals surface area contributed by atoms with Crippen molar-refractivity contribution in [2.75, 3.05) is 26.6 Å². The lowest BCUT2D eigenvalue weighted by atomic mass is 9.95. The number of methoxy groups -OCH3 is 3. The molecule has 1 N–H and O–H groups in total. The summed E-state index contributed by atoms with van der Waals surface area (Å²) in [5, 5.41) is 2.84. The van der Waals surface area contributed by atoms with Gasteiger partial charge in [0.1, 0.15) is 11.8 Å². The number of ether oxygens (including phenoxy) is 3. The summed E-state index contributed by atoms with van der Waals surface area (Å²) >= 11 is 0. The van der Waals surface area contributed by atoms with Gasteiger partial charge in [0.05, 0.1) is 26.2 Å². The highest BCUT2D eigenvalue weighted by atomic mass is 32.2. The zero-order valence-electron chi connectivity index (χ0n) is 19.1. The molecule has 1 aliphatic rings. The number of rotatable bonds is 7. The average molecular weight is 483 g/mol. The predicted octanol–water partition coefficient (Wildman–Crippen LogP) is 3.47. The van der Waals surface area contributed by atoms with Gasteiger partial charge in [0.15, 0.2) is 11.5 Å². The molecule has 0 saturated heterocycles. The summed E-state index contributed by atoms with van der Waals surface area (Å²) in [6, 6.07) is 17.9. The zero-order chi connectivity index (χ0) is 24.3. The minimum Gasteiger partial charge on any atom is -0.497 e. The Bertz CT molecular complexity index is 1290. The molecule has 4 rings (SSSR count). The molecular formula is C25H26N2O6S. The molecule has 1 heterocycles. The van der Waals surface area contributed by atoms with Crippen molar-refractivity contribution in [3.05, 3.63) is 77.9 Å². The van der Waals surface area contributed by atoms with Gasteiger partial charge in [0.25, 0.3) is 0 Å². The molecule has 178 valence electrons. The number of nitrogens with one attached hydrogen (secondary N) is 1. The largest absolute Gasteiger partial charge is 0.497 e. The Morgan fingerprint density at radius 1 is 0.882 bits per heavy atom. The van der Waals surface area contributed by atoms with Crippen LogP contribution in [0.25, 0.3) is 0 Å². The summed E-state index contributed by atoms with van der Waals surface area (Å²) in [4.78, 5) is 13.4. The van der Waals surface area contributed by atoms with E-state index < -0.39 is 22.0 Å². The molecule has 0 aliphatic carbocycles. The van der Waals surface area contributed by atoms with Crippen LogP contribution in [-0.2, 0) is 27.8 Å². The van der Waals surface area contributed by atoms with Gasteiger partial charge in [-0.25, -0.2) is 8.42 Å². The van der Waals surface area contributed by atoms with Gasteiger partial charge in [-0.05, 0) is 53.9 Å². The predicted molar refractivity (Wildman–Crippen MR) is 128 cm³/mol. The van der Waals surface area contributed by atoms with E-state index in [0.29, 0.717) is 22.9 Å². The smallest absolute Gasteiger partial charge is 0.244 e. The Morgan fingerprint density at radius 2 is 1.56 bits per heavy atom. The summed E-state index contributed by atoms with van der Waals surface area (Å²) in [5.74, 6) is 0.949. The number of hydrogen-bond acceptors (Lipinski definition) is 6. The van der Waals surface area contributed by atoms with Crippen molar-refractivity contribution in [3.63, 3.8) is 0 Å². The van der Waals surface area contributed by atoms with E-state index >= 15 is 0 Å². The van der Waals surface area contributed by atoms with Gasteiger partial charge in [-0.1, -0.05) is 24.3 Å². The molecule has 0 fully saturated rings. The summed E-state index contributed by atoms with van der Waals surface area (Å²) in [7, 11) is 0.437. The van der Waals surface area contributed by atoms with Crippen molar-refractivity contribution >= 4 is 21.6 Å². The van der Waals surface area contributed by atoms with E-state index in [1.54, 1.807) is 31.4 Å². The molecule has 34 heavy (non-hydrogen) atoms. The second kappa shape index (κ2) is 9.74. The second-order valence-electron chi connectivity index (χ2n) is 7.77. The molecule has 1 amide bonds. The Labute approximate surface area is 199 Å². The maximum atomic E-state index is 13.7. The number of amides is 1. The molecule has 3 aromatic carbocycles. The maximum absolute atomic E-state index is 13.7. The SMILES string of the molecule is COc1ccc(NC(=O)C2Cc3ccccc3CN2S(=O)(=O)c2ccc(OC)c(OC)c2)cc1. The second-order valence-corrected chi connectivity index (χ2v) is 9.66.